The standard InChI is InChI=1S/C13H14F4N2O/c14-9-2-1-3-10(6-9)19-12(20)11-5-4-8(7-18-11)13(15,16)17/h1-3,6,8,11,18H,4-5,7H2,(H,19,20). The van der Waals surface area contributed by atoms with Crippen LogP contribution < -0.4 is 10.6 Å². The molecule has 0 saturated carbocycles. The van der Waals surface area contributed by atoms with Crippen LogP contribution in [-0.4, -0.2) is 24.7 Å². The zero-order chi connectivity index (χ0) is 14.8. The van der Waals surface area contributed by atoms with Crippen molar-refractivity contribution in [2.75, 3.05) is 11.9 Å². The second-order valence-corrected chi connectivity index (χ2v) is 4.78. The number of piperidine rings is 1. The highest BCUT2D eigenvalue weighted by atomic mass is 19.4. The Morgan fingerprint density at radius 2 is 2.05 bits per heavy atom. The van der Waals surface area contributed by atoms with Crippen LogP contribution in [0.1, 0.15) is 12.8 Å². The molecule has 0 bridgehead atoms. The number of nitrogens with one attached hydrogen (secondary N) is 2. The van der Waals surface area contributed by atoms with Crippen LogP contribution in [0, 0.1) is 11.7 Å². The molecule has 0 spiro atoms. The fourth-order valence-corrected chi connectivity index (χ4v) is 2.16. The molecule has 1 aromatic rings. The summed E-state index contributed by atoms with van der Waals surface area (Å²) in [6, 6.07) is 4.67. The van der Waals surface area contributed by atoms with Gasteiger partial charge in [-0.2, -0.15) is 13.2 Å². The molecule has 2 N–H and O–H groups in total. The van der Waals surface area contributed by atoms with Gasteiger partial charge in [-0.1, -0.05) is 6.07 Å². The Bertz CT molecular complexity index is 482. The lowest BCUT2D eigenvalue weighted by molar-refractivity contribution is -0.180. The zero-order valence-corrected chi connectivity index (χ0v) is 10.5. The van der Waals surface area contributed by atoms with Gasteiger partial charge < -0.3 is 10.6 Å². The Labute approximate surface area is 113 Å². The monoisotopic (exact) mass is 290 g/mol. The largest absolute Gasteiger partial charge is 0.393 e. The lowest BCUT2D eigenvalue weighted by Crippen LogP contribution is -2.49. The molecule has 2 atom stereocenters. The van der Waals surface area contributed by atoms with E-state index in [1.165, 1.54) is 18.2 Å². The van der Waals surface area contributed by atoms with E-state index >= 15 is 0 Å². The molecule has 2 rings (SSSR count). The highest BCUT2D eigenvalue weighted by molar-refractivity contribution is 5.94. The summed E-state index contributed by atoms with van der Waals surface area (Å²) in [6.07, 6.45) is -4.22. The number of benzene rings is 1. The van der Waals surface area contributed by atoms with Gasteiger partial charge in [-0.3, -0.25) is 4.79 Å². The Morgan fingerprint density at radius 3 is 2.60 bits per heavy atom. The second kappa shape index (κ2) is 5.78. The summed E-state index contributed by atoms with van der Waals surface area (Å²) in [5.74, 6) is -2.35. The summed E-state index contributed by atoms with van der Waals surface area (Å²) in [5.41, 5.74) is 0.287. The van der Waals surface area contributed by atoms with Crippen molar-refractivity contribution in [3.63, 3.8) is 0 Å². The number of halogens is 4. The lowest BCUT2D eigenvalue weighted by atomic mass is 9.94. The molecule has 0 aromatic heterocycles. The van der Waals surface area contributed by atoms with Gasteiger partial charge in [0.1, 0.15) is 5.82 Å². The van der Waals surface area contributed by atoms with Crippen LogP contribution in [0.3, 0.4) is 0 Å². The van der Waals surface area contributed by atoms with Crippen molar-refractivity contribution < 1.29 is 22.4 Å². The molecule has 7 heteroatoms. The Hall–Kier alpha value is -1.63. The number of alkyl halides is 3. The topological polar surface area (TPSA) is 41.1 Å². The quantitative estimate of drug-likeness (QED) is 0.822. The van der Waals surface area contributed by atoms with Crippen LogP contribution >= 0.6 is 0 Å². The van der Waals surface area contributed by atoms with Crippen LogP contribution in [-0.2, 0) is 4.79 Å². The minimum atomic E-state index is -4.24. The molecule has 1 saturated heterocycles. The third-order valence-electron chi connectivity index (χ3n) is 3.29. The number of hydrogen-bond acceptors (Lipinski definition) is 2. The molecule has 2 unspecified atom stereocenters. The van der Waals surface area contributed by atoms with Gasteiger partial charge in [0.15, 0.2) is 0 Å². The number of carbonyl (C=O) groups excluding carboxylic acids is 1. The van der Waals surface area contributed by atoms with E-state index in [4.69, 9.17) is 0 Å². The highest BCUT2D eigenvalue weighted by Gasteiger charge is 2.42. The Kier molecular flexibility index (Phi) is 4.27. The maximum absolute atomic E-state index is 13.0. The van der Waals surface area contributed by atoms with E-state index in [0.29, 0.717) is 0 Å². The number of amides is 1. The normalized spacial score (nSPS) is 23.4. The summed E-state index contributed by atoms with van der Waals surface area (Å²) in [4.78, 5) is 11.9. The van der Waals surface area contributed by atoms with Crippen molar-refractivity contribution in [3.05, 3.63) is 30.1 Å². The van der Waals surface area contributed by atoms with E-state index in [-0.39, 0.29) is 25.1 Å². The first-order valence-electron chi connectivity index (χ1n) is 6.23. The minimum absolute atomic E-state index is 0.0856. The first-order valence-corrected chi connectivity index (χ1v) is 6.23. The third-order valence-corrected chi connectivity index (χ3v) is 3.29. The fourth-order valence-electron chi connectivity index (χ4n) is 2.16. The molecule has 1 amide bonds. The van der Waals surface area contributed by atoms with Crippen molar-refractivity contribution >= 4 is 11.6 Å². The van der Waals surface area contributed by atoms with Gasteiger partial charge in [0.05, 0.1) is 12.0 Å². The van der Waals surface area contributed by atoms with E-state index in [9.17, 15) is 22.4 Å². The Morgan fingerprint density at radius 1 is 1.30 bits per heavy atom. The molecule has 1 aliphatic heterocycles. The number of rotatable bonds is 2. The van der Waals surface area contributed by atoms with E-state index in [1.54, 1.807) is 0 Å². The van der Waals surface area contributed by atoms with Gasteiger partial charge in [-0.15, -0.1) is 0 Å². The van der Waals surface area contributed by atoms with Gasteiger partial charge in [-0.05, 0) is 31.0 Å². The summed E-state index contributed by atoms with van der Waals surface area (Å²) in [5, 5.41) is 5.07. The van der Waals surface area contributed by atoms with Crippen molar-refractivity contribution in [2.24, 2.45) is 5.92 Å². The maximum Gasteiger partial charge on any atom is 0.393 e. The minimum Gasteiger partial charge on any atom is -0.325 e. The molecule has 110 valence electrons. The lowest BCUT2D eigenvalue weighted by Gasteiger charge is -2.30. The third kappa shape index (κ3) is 3.69. The average Bonchev–Trinajstić information content (AvgIpc) is 2.38. The van der Waals surface area contributed by atoms with Gasteiger partial charge in [0.2, 0.25) is 5.91 Å². The fraction of sp³-hybridized carbons (Fsp3) is 0.462. The highest BCUT2D eigenvalue weighted by Crippen LogP contribution is 2.32. The van der Waals surface area contributed by atoms with Gasteiger partial charge in [0.25, 0.3) is 0 Å². The molecule has 0 radical (unpaired) electrons. The summed E-state index contributed by atoms with van der Waals surface area (Å²) < 4.78 is 50.4. The molecular weight excluding hydrogens is 276 g/mol. The molecule has 1 aromatic carbocycles. The van der Waals surface area contributed by atoms with Crippen LogP contribution in [0.5, 0.6) is 0 Å². The predicted octanol–water partition coefficient (Wildman–Crippen LogP) is 2.69. The number of hydrogen-bond donors (Lipinski definition) is 2. The van der Waals surface area contributed by atoms with E-state index in [2.05, 4.69) is 10.6 Å². The van der Waals surface area contributed by atoms with Crippen LogP contribution in [0.15, 0.2) is 24.3 Å². The van der Waals surface area contributed by atoms with Gasteiger partial charge in [-0.25, -0.2) is 4.39 Å². The smallest absolute Gasteiger partial charge is 0.325 e. The molecular formula is C13H14F4N2O. The Balaban J connectivity index is 1.89. The molecule has 3 nitrogen and oxygen atoms in total. The molecule has 1 heterocycles. The van der Waals surface area contributed by atoms with Crippen LogP contribution in [0.25, 0.3) is 0 Å². The molecule has 1 fully saturated rings. The SMILES string of the molecule is O=C(Nc1cccc(F)c1)C1CCC(C(F)(F)F)CN1. The summed E-state index contributed by atoms with van der Waals surface area (Å²) >= 11 is 0. The van der Waals surface area contributed by atoms with E-state index in [1.807, 2.05) is 0 Å². The van der Waals surface area contributed by atoms with Gasteiger partial charge >= 0.3 is 6.18 Å². The maximum atomic E-state index is 13.0. The van der Waals surface area contributed by atoms with Crippen molar-refractivity contribution in [1.82, 2.24) is 5.32 Å². The van der Waals surface area contributed by atoms with E-state index in [0.717, 1.165) is 6.07 Å². The molecule has 0 aliphatic carbocycles. The van der Waals surface area contributed by atoms with Crippen molar-refractivity contribution in [2.45, 2.75) is 25.1 Å². The zero-order valence-electron chi connectivity index (χ0n) is 10.5. The van der Waals surface area contributed by atoms with Gasteiger partial charge in [0, 0.05) is 12.2 Å². The summed E-state index contributed by atoms with van der Waals surface area (Å²) in [7, 11) is 0. The van der Waals surface area contributed by atoms with E-state index < -0.39 is 29.9 Å². The number of carbonyl (C=O) groups is 1. The molecule has 20 heavy (non-hydrogen) atoms. The predicted molar refractivity (Wildman–Crippen MR) is 65.6 cm³/mol. The average molecular weight is 290 g/mol. The number of anilines is 1. The summed E-state index contributed by atoms with van der Waals surface area (Å²) in [6.45, 7) is -0.273. The first kappa shape index (κ1) is 14.8. The van der Waals surface area contributed by atoms with Crippen molar-refractivity contribution in [1.29, 1.82) is 0 Å². The van der Waals surface area contributed by atoms with Crippen LogP contribution in [0.4, 0.5) is 23.2 Å². The molecule has 1 aliphatic rings. The second-order valence-electron chi connectivity index (χ2n) is 4.78. The first-order chi connectivity index (χ1) is 9.36. The van der Waals surface area contributed by atoms with Crippen LogP contribution in [0.2, 0.25) is 0 Å². The van der Waals surface area contributed by atoms with Crippen molar-refractivity contribution in [3.8, 4) is 0 Å².